The van der Waals surface area contributed by atoms with E-state index < -0.39 is 0 Å². The average molecular weight is 519 g/mol. The summed E-state index contributed by atoms with van der Waals surface area (Å²) in [5, 5.41) is 3.61. The Morgan fingerprint density at radius 3 is 2.54 bits per heavy atom. The van der Waals surface area contributed by atoms with Crippen molar-refractivity contribution in [3.63, 3.8) is 0 Å². The molecule has 0 unspecified atom stereocenters. The van der Waals surface area contributed by atoms with Crippen LogP contribution in [-0.2, 0) is 0 Å². The quantitative estimate of drug-likeness (QED) is 0.444. The molecule has 6 rings (SSSR count). The molecule has 2 aliphatic rings. The van der Waals surface area contributed by atoms with Crippen LogP contribution in [0.4, 0.5) is 0 Å². The summed E-state index contributed by atoms with van der Waals surface area (Å²) in [6.45, 7) is 1.92. The van der Waals surface area contributed by atoms with Crippen LogP contribution >= 0.6 is 11.8 Å². The normalized spacial score (nSPS) is 20.9. The first-order valence-electron chi connectivity index (χ1n) is 13.0. The number of hydrogen-bond donors (Lipinski definition) is 1. The van der Waals surface area contributed by atoms with Crippen molar-refractivity contribution in [2.24, 2.45) is 0 Å². The number of amides is 1. The van der Waals surface area contributed by atoms with E-state index in [9.17, 15) is 14.4 Å². The highest BCUT2D eigenvalue weighted by molar-refractivity contribution is 7.99. The van der Waals surface area contributed by atoms with Gasteiger partial charge in [0.05, 0.1) is 5.39 Å². The molecule has 2 fully saturated rings. The third-order valence-electron chi connectivity index (χ3n) is 7.64. The lowest BCUT2D eigenvalue weighted by atomic mass is 9.90. The fraction of sp³-hybridized carbons (Fsp3) is 0.444. The maximum atomic E-state index is 13.8. The number of fused-ring (bicyclic) bond motifs is 2. The highest BCUT2D eigenvalue weighted by Gasteiger charge is 2.30. The molecule has 0 radical (unpaired) electrons. The third kappa shape index (κ3) is 4.47. The Labute approximate surface area is 217 Å². The number of carbonyl (C=O) groups excluding carboxylic acids is 1. The molecule has 0 aromatic carbocycles. The van der Waals surface area contributed by atoms with Gasteiger partial charge in [-0.1, -0.05) is 6.07 Å². The van der Waals surface area contributed by atoms with E-state index in [1.54, 1.807) is 17.0 Å². The molecule has 0 atom stereocenters. The second kappa shape index (κ2) is 9.81. The van der Waals surface area contributed by atoms with Crippen molar-refractivity contribution in [3.05, 3.63) is 75.0 Å². The summed E-state index contributed by atoms with van der Waals surface area (Å²) in [6.07, 6.45) is 9.81. The predicted octanol–water partition coefficient (Wildman–Crippen LogP) is 3.50. The molecule has 9 nitrogen and oxygen atoms in total. The number of aryl methyl sites for hydroxylation is 1. The van der Waals surface area contributed by atoms with Crippen LogP contribution in [0.15, 0.2) is 52.4 Å². The van der Waals surface area contributed by atoms with E-state index in [1.807, 2.05) is 53.5 Å². The van der Waals surface area contributed by atoms with Gasteiger partial charge >= 0.3 is 5.69 Å². The smallest absolute Gasteiger partial charge is 0.333 e. The van der Waals surface area contributed by atoms with Gasteiger partial charge in [-0.25, -0.2) is 14.8 Å². The number of hydrogen-bond acceptors (Lipinski definition) is 6. The van der Waals surface area contributed by atoms with Crippen molar-refractivity contribution in [2.75, 3.05) is 11.5 Å². The van der Waals surface area contributed by atoms with Crippen LogP contribution in [-0.4, -0.2) is 47.0 Å². The van der Waals surface area contributed by atoms with E-state index in [2.05, 4.69) is 15.3 Å². The second-order valence-corrected chi connectivity index (χ2v) is 11.4. The summed E-state index contributed by atoms with van der Waals surface area (Å²) in [5.41, 5.74) is 2.01. The molecule has 192 valence electrons. The highest BCUT2D eigenvalue weighted by Crippen LogP contribution is 2.30. The molecule has 37 heavy (non-hydrogen) atoms. The van der Waals surface area contributed by atoms with Crippen LogP contribution in [0.2, 0.25) is 0 Å². The molecule has 0 bridgehead atoms. The maximum absolute atomic E-state index is 13.8. The summed E-state index contributed by atoms with van der Waals surface area (Å²) >= 11 is 1.90. The second-order valence-electron chi connectivity index (χ2n) is 10.1. The molecular weight excluding hydrogens is 488 g/mol. The van der Waals surface area contributed by atoms with Crippen molar-refractivity contribution in [1.82, 2.24) is 28.8 Å². The van der Waals surface area contributed by atoms with Crippen molar-refractivity contribution >= 4 is 34.3 Å². The molecule has 4 aromatic rings. The summed E-state index contributed by atoms with van der Waals surface area (Å²) in [6, 6.07) is 7.33. The Bertz CT molecular complexity index is 1560. The Kier molecular flexibility index (Phi) is 6.36. The van der Waals surface area contributed by atoms with Gasteiger partial charge in [-0.2, -0.15) is 11.8 Å². The number of aromatic nitrogens is 5. The Hall–Kier alpha value is -3.40. The van der Waals surface area contributed by atoms with Crippen LogP contribution in [0.25, 0.3) is 16.7 Å². The van der Waals surface area contributed by atoms with E-state index in [-0.39, 0.29) is 35.3 Å². The fourth-order valence-corrected chi connectivity index (χ4v) is 6.79. The largest absolute Gasteiger partial charge is 0.348 e. The molecule has 4 aromatic heterocycles. The zero-order chi connectivity index (χ0) is 25.5. The maximum Gasteiger partial charge on any atom is 0.333 e. The van der Waals surface area contributed by atoms with Crippen LogP contribution in [0.3, 0.4) is 0 Å². The van der Waals surface area contributed by atoms with E-state index in [1.165, 1.54) is 4.57 Å². The molecule has 1 aliphatic carbocycles. The number of pyridine rings is 2. The first kappa shape index (κ1) is 24.0. The minimum Gasteiger partial charge on any atom is -0.348 e. The van der Waals surface area contributed by atoms with Crippen molar-refractivity contribution < 1.29 is 4.79 Å². The van der Waals surface area contributed by atoms with Crippen molar-refractivity contribution in [1.29, 1.82) is 0 Å². The number of nitrogens with one attached hydrogen (secondary N) is 1. The molecule has 5 heterocycles. The summed E-state index contributed by atoms with van der Waals surface area (Å²) in [4.78, 5) is 49.2. The van der Waals surface area contributed by atoms with Gasteiger partial charge in [-0.15, -0.1) is 0 Å². The molecule has 10 heteroatoms. The molecule has 1 aliphatic heterocycles. The van der Waals surface area contributed by atoms with Crippen LogP contribution in [0.1, 0.15) is 66.7 Å². The van der Waals surface area contributed by atoms with E-state index in [4.69, 9.17) is 0 Å². The van der Waals surface area contributed by atoms with Crippen LogP contribution < -0.4 is 16.6 Å². The number of carbonyl (C=O) groups is 1. The SMILES string of the molecule is Cc1cnc2c(c1)c(=O)n([C@H]1CC[C@@H](NC(=O)c3cn4ccccc4n3)CC1)c(=O)n2C1CCSCC1. The van der Waals surface area contributed by atoms with Gasteiger partial charge in [0, 0.05) is 36.7 Å². The van der Waals surface area contributed by atoms with Gasteiger partial charge in [0.2, 0.25) is 0 Å². The number of rotatable bonds is 4. The van der Waals surface area contributed by atoms with Gasteiger partial charge < -0.3 is 9.72 Å². The average Bonchev–Trinajstić information content (AvgIpc) is 3.36. The van der Waals surface area contributed by atoms with Crippen molar-refractivity contribution in [3.8, 4) is 0 Å². The molecule has 1 saturated carbocycles. The predicted molar refractivity (Wildman–Crippen MR) is 145 cm³/mol. The van der Waals surface area contributed by atoms with Gasteiger partial charge in [0.1, 0.15) is 17.0 Å². The van der Waals surface area contributed by atoms with Crippen LogP contribution in [0, 0.1) is 6.92 Å². The van der Waals surface area contributed by atoms with Gasteiger partial charge in [0.25, 0.3) is 11.5 Å². The molecular formula is C27H30N6O3S. The first-order chi connectivity index (χ1) is 18.0. The first-order valence-corrected chi connectivity index (χ1v) is 14.1. The van der Waals surface area contributed by atoms with E-state index in [0.29, 0.717) is 42.4 Å². The number of nitrogens with zero attached hydrogens (tertiary/aromatic N) is 5. The fourth-order valence-electron chi connectivity index (χ4n) is 5.71. The number of imidazole rings is 1. The lowest BCUT2D eigenvalue weighted by Crippen LogP contribution is -2.46. The minimum absolute atomic E-state index is 0.0220. The lowest BCUT2D eigenvalue weighted by molar-refractivity contribution is 0.0917. The Morgan fingerprint density at radius 2 is 1.78 bits per heavy atom. The monoisotopic (exact) mass is 518 g/mol. The lowest BCUT2D eigenvalue weighted by Gasteiger charge is -2.31. The zero-order valence-electron chi connectivity index (χ0n) is 20.8. The van der Waals surface area contributed by atoms with Gasteiger partial charge in [-0.05, 0) is 80.7 Å². The van der Waals surface area contributed by atoms with Crippen LogP contribution in [0.5, 0.6) is 0 Å². The third-order valence-corrected chi connectivity index (χ3v) is 8.69. The molecule has 1 amide bonds. The molecule has 0 spiro atoms. The molecule has 1 N–H and O–H groups in total. The minimum atomic E-state index is -0.255. The highest BCUT2D eigenvalue weighted by atomic mass is 32.2. The topological polar surface area (TPSA) is 103 Å². The zero-order valence-corrected chi connectivity index (χ0v) is 21.6. The summed E-state index contributed by atoms with van der Waals surface area (Å²) < 4.78 is 5.09. The summed E-state index contributed by atoms with van der Waals surface area (Å²) in [5.74, 6) is 1.80. The molecule has 1 saturated heterocycles. The number of thioether (sulfide) groups is 1. The van der Waals surface area contributed by atoms with E-state index >= 15 is 0 Å². The van der Waals surface area contributed by atoms with E-state index in [0.717, 1.165) is 35.6 Å². The Balaban J connectivity index is 1.25. The van der Waals surface area contributed by atoms with Gasteiger partial charge in [-0.3, -0.25) is 18.7 Å². The summed E-state index contributed by atoms with van der Waals surface area (Å²) in [7, 11) is 0. The van der Waals surface area contributed by atoms with Crippen molar-refractivity contribution in [2.45, 2.75) is 63.6 Å². The standard InChI is InChI=1S/C27H30N6O3S/c1-17-14-21-24(28-15-17)32(20-9-12-37-13-10-20)27(36)33(26(21)35)19-7-5-18(6-8-19)29-25(34)22-16-31-11-3-2-4-23(31)30-22/h2-4,11,14-16,18-20H,5-10,12-13H2,1H3,(H,29,34)/t18-,19+. The Morgan fingerprint density at radius 1 is 1.03 bits per heavy atom. The van der Waals surface area contributed by atoms with Gasteiger partial charge in [0.15, 0.2) is 0 Å².